The van der Waals surface area contributed by atoms with Crippen LogP contribution in [0.2, 0.25) is 0 Å². The molecule has 0 bridgehead atoms. The number of rotatable bonds is 5. The molecule has 1 fully saturated rings. The average Bonchev–Trinajstić information content (AvgIpc) is 3.18. The molecule has 8 heteroatoms. The maximum absolute atomic E-state index is 12.7. The molecule has 134 valence electrons. The molecule has 1 saturated heterocycles. The lowest BCUT2D eigenvalue weighted by molar-refractivity contribution is -0.120. The number of benzene rings is 1. The number of amides is 1. The van der Waals surface area contributed by atoms with Gasteiger partial charge in [0, 0.05) is 18.0 Å². The van der Waals surface area contributed by atoms with Gasteiger partial charge in [0.05, 0.1) is 11.6 Å². The third kappa shape index (κ3) is 4.08. The zero-order valence-electron chi connectivity index (χ0n) is 13.8. The quantitative estimate of drug-likeness (QED) is 0.786. The summed E-state index contributed by atoms with van der Waals surface area (Å²) in [5.41, 5.74) is 0.776. The van der Waals surface area contributed by atoms with Gasteiger partial charge in [0.15, 0.2) is 0 Å². The van der Waals surface area contributed by atoms with Gasteiger partial charge in [0.25, 0.3) is 10.0 Å². The number of para-hydroxylation sites is 1. The number of carbonyl (C=O) groups is 1. The highest BCUT2D eigenvalue weighted by Gasteiger charge is 2.33. The van der Waals surface area contributed by atoms with Crippen molar-refractivity contribution in [2.24, 2.45) is 5.92 Å². The molecule has 1 aromatic heterocycles. The zero-order chi connectivity index (χ0) is 17.9. The Morgan fingerprint density at radius 1 is 1.28 bits per heavy atom. The van der Waals surface area contributed by atoms with Crippen LogP contribution >= 0.6 is 23.1 Å². The first-order valence-corrected chi connectivity index (χ1v) is 11.5. The molecular formula is C17H20N2O3S3. The molecule has 1 atom stereocenters. The second-order valence-electron chi connectivity index (χ2n) is 5.82. The summed E-state index contributed by atoms with van der Waals surface area (Å²) in [6, 6.07) is 11.0. The molecule has 3 rings (SSSR count). The Kier molecular flexibility index (Phi) is 5.83. The van der Waals surface area contributed by atoms with E-state index >= 15 is 0 Å². The Morgan fingerprint density at radius 3 is 2.80 bits per heavy atom. The van der Waals surface area contributed by atoms with E-state index in [1.165, 1.54) is 15.6 Å². The molecule has 0 radical (unpaired) electrons. The van der Waals surface area contributed by atoms with Crippen LogP contribution in [0.15, 0.2) is 50.9 Å². The van der Waals surface area contributed by atoms with Crippen molar-refractivity contribution in [2.45, 2.75) is 21.9 Å². The number of thioether (sulfide) groups is 1. The topological polar surface area (TPSA) is 66.5 Å². The van der Waals surface area contributed by atoms with E-state index in [0.717, 1.165) is 10.6 Å². The molecule has 0 spiro atoms. The number of nitrogens with one attached hydrogen (secondary N) is 1. The van der Waals surface area contributed by atoms with E-state index in [0.29, 0.717) is 23.6 Å². The van der Waals surface area contributed by atoms with Crippen LogP contribution in [-0.4, -0.2) is 38.0 Å². The molecule has 1 aliphatic heterocycles. The molecule has 0 saturated carbocycles. The van der Waals surface area contributed by atoms with Gasteiger partial charge in [0.1, 0.15) is 4.21 Å². The highest BCUT2D eigenvalue weighted by Crippen LogP contribution is 2.29. The van der Waals surface area contributed by atoms with Crippen molar-refractivity contribution in [3.05, 3.63) is 41.8 Å². The van der Waals surface area contributed by atoms with Gasteiger partial charge < -0.3 is 5.32 Å². The highest BCUT2D eigenvalue weighted by atomic mass is 32.2. The lowest BCUT2D eigenvalue weighted by Crippen LogP contribution is -2.43. The van der Waals surface area contributed by atoms with Crippen molar-refractivity contribution < 1.29 is 13.2 Å². The minimum atomic E-state index is -3.50. The van der Waals surface area contributed by atoms with Gasteiger partial charge in [-0.05, 0) is 42.7 Å². The summed E-state index contributed by atoms with van der Waals surface area (Å²) < 4.78 is 27.1. The standard InChI is InChI=1S/C17H20N2O3S3/c1-23-15-8-3-2-7-14(15)18-17(20)13-6-4-10-19(12-13)25(21,22)16-9-5-11-24-16/h2-3,5,7-9,11,13H,4,6,10,12H2,1H3,(H,18,20)/t13-/m1/s1. The molecule has 1 aromatic carbocycles. The predicted octanol–water partition coefficient (Wildman–Crippen LogP) is 3.51. The maximum atomic E-state index is 12.7. The first kappa shape index (κ1) is 18.4. The molecule has 5 nitrogen and oxygen atoms in total. The van der Waals surface area contributed by atoms with Crippen molar-refractivity contribution in [3.63, 3.8) is 0 Å². The molecule has 1 amide bonds. The molecule has 1 N–H and O–H groups in total. The van der Waals surface area contributed by atoms with Crippen molar-refractivity contribution in [1.29, 1.82) is 0 Å². The monoisotopic (exact) mass is 396 g/mol. The Morgan fingerprint density at radius 2 is 2.08 bits per heavy atom. The van der Waals surface area contributed by atoms with E-state index in [4.69, 9.17) is 0 Å². The van der Waals surface area contributed by atoms with E-state index < -0.39 is 10.0 Å². The second kappa shape index (κ2) is 7.90. The highest BCUT2D eigenvalue weighted by molar-refractivity contribution is 7.98. The van der Waals surface area contributed by atoms with Crippen LogP contribution in [0.1, 0.15) is 12.8 Å². The predicted molar refractivity (Wildman–Crippen MR) is 103 cm³/mol. The van der Waals surface area contributed by atoms with Gasteiger partial charge in [0.2, 0.25) is 5.91 Å². The number of hydrogen-bond donors (Lipinski definition) is 1. The molecule has 25 heavy (non-hydrogen) atoms. The van der Waals surface area contributed by atoms with Crippen LogP contribution in [-0.2, 0) is 14.8 Å². The van der Waals surface area contributed by atoms with Gasteiger partial charge in [-0.3, -0.25) is 4.79 Å². The van der Waals surface area contributed by atoms with Crippen LogP contribution in [0, 0.1) is 5.92 Å². The van der Waals surface area contributed by atoms with E-state index in [9.17, 15) is 13.2 Å². The number of thiophene rings is 1. The summed E-state index contributed by atoms with van der Waals surface area (Å²) in [5, 5.41) is 4.71. The van der Waals surface area contributed by atoms with E-state index in [-0.39, 0.29) is 18.4 Å². The van der Waals surface area contributed by atoms with Crippen molar-refractivity contribution >= 4 is 44.7 Å². The van der Waals surface area contributed by atoms with Crippen molar-refractivity contribution in [1.82, 2.24) is 4.31 Å². The normalized spacial score (nSPS) is 18.8. The second-order valence-corrected chi connectivity index (χ2v) is 9.78. The van der Waals surface area contributed by atoms with Crippen molar-refractivity contribution in [3.8, 4) is 0 Å². The van der Waals surface area contributed by atoms with Gasteiger partial charge in [-0.15, -0.1) is 23.1 Å². The number of carbonyl (C=O) groups excluding carboxylic acids is 1. The summed E-state index contributed by atoms with van der Waals surface area (Å²) in [7, 11) is -3.50. The van der Waals surface area contributed by atoms with Crippen LogP contribution in [0.3, 0.4) is 0 Å². The molecule has 0 unspecified atom stereocenters. The summed E-state index contributed by atoms with van der Waals surface area (Å²) in [4.78, 5) is 13.7. The minimum Gasteiger partial charge on any atom is -0.325 e. The van der Waals surface area contributed by atoms with Gasteiger partial charge >= 0.3 is 0 Å². The minimum absolute atomic E-state index is 0.118. The lowest BCUT2D eigenvalue weighted by Gasteiger charge is -2.30. The molecule has 0 aliphatic carbocycles. The number of anilines is 1. The van der Waals surface area contributed by atoms with E-state index in [1.807, 2.05) is 30.5 Å². The Bertz CT molecular complexity index is 835. The van der Waals surface area contributed by atoms with E-state index in [2.05, 4.69) is 5.32 Å². The van der Waals surface area contributed by atoms with Crippen LogP contribution in [0.25, 0.3) is 0 Å². The largest absolute Gasteiger partial charge is 0.325 e. The maximum Gasteiger partial charge on any atom is 0.252 e. The first-order chi connectivity index (χ1) is 12.0. The summed E-state index contributed by atoms with van der Waals surface area (Å²) in [5.74, 6) is -0.453. The molecule has 1 aliphatic rings. The number of piperidine rings is 1. The fraction of sp³-hybridized carbons (Fsp3) is 0.353. The third-order valence-electron chi connectivity index (χ3n) is 4.21. The summed E-state index contributed by atoms with van der Waals surface area (Å²) in [6.45, 7) is 0.693. The fourth-order valence-corrected chi connectivity index (χ4v) is 6.12. The smallest absolute Gasteiger partial charge is 0.252 e. The lowest BCUT2D eigenvalue weighted by atomic mass is 9.99. The SMILES string of the molecule is CSc1ccccc1NC(=O)[C@@H]1CCCN(S(=O)(=O)c2cccs2)C1. The Hall–Kier alpha value is -1.35. The van der Waals surface area contributed by atoms with Gasteiger partial charge in [-0.1, -0.05) is 18.2 Å². The summed E-state index contributed by atoms with van der Waals surface area (Å²) in [6.07, 6.45) is 3.34. The van der Waals surface area contributed by atoms with Crippen LogP contribution in [0.5, 0.6) is 0 Å². The van der Waals surface area contributed by atoms with Crippen LogP contribution in [0.4, 0.5) is 5.69 Å². The fourth-order valence-electron chi connectivity index (χ4n) is 2.89. The van der Waals surface area contributed by atoms with Gasteiger partial charge in [-0.25, -0.2) is 8.42 Å². The van der Waals surface area contributed by atoms with Crippen molar-refractivity contribution in [2.75, 3.05) is 24.7 Å². The number of sulfonamides is 1. The molecule has 2 heterocycles. The van der Waals surface area contributed by atoms with Crippen LogP contribution < -0.4 is 5.32 Å². The average molecular weight is 397 g/mol. The summed E-state index contributed by atoms with van der Waals surface area (Å²) >= 11 is 2.78. The first-order valence-electron chi connectivity index (χ1n) is 8.00. The molecular weight excluding hydrogens is 376 g/mol. The Labute approximate surface area is 156 Å². The third-order valence-corrected chi connectivity index (χ3v) is 8.24. The number of hydrogen-bond acceptors (Lipinski definition) is 5. The number of nitrogens with zero attached hydrogens (tertiary/aromatic N) is 1. The Balaban J connectivity index is 1.72. The van der Waals surface area contributed by atoms with Gasteiger partial charge in [-0.2, -0.15) is 4.31 Å². The molecule has 2 aromatic rings. The van der Waals surface area contributed by atoms with E-state index in [1.54, 1.807) is 29.3 Å². The zero-order valence-corrected chi connectivity index (χ0v) is 16.3.